The van der Waals surface area contributed by atoms with E-state index >= 15 is 0 Å². The van der Waals surface area contributed by atoms with Crippen molar-refractivity contribution in [1.82, 2.24) is 4.98 Å². The summed E-state index contributed by atoms with van der Waals surface area (Å²) in [6, 6.07) is 9.96. The summed E-state index contributed by atoms with van der Waals surface area (Å²) in [5.74, 6) is 0. The molecule has 1 aromatic heterocycles. The number of hydrogen-bond donors (Lipinski definition) is 1. The standard InChI is InChI=1S/C10H9N2.3C2H6.Y/c11-6-8-5-9-3-1-2-4-10(9)12-7-8;3*1-2;/h1-5H,6,11H2;3*1-2H3;/q-1;;;;. The predicted molar refractivity (Wildman–Crippen MR) is 82.5 cm³/mol. The number of fused-ring (bicyclic) bond motifs is 1. The molecule has 0 aliphatic heterocycles. The molecule has 1 aromatic carbocycles. The topological polar surface area (TPSA) is 38.9 Å². The molecule has 0 saturated carbocycles. The van der Waals surface area contributed by atoms with E-state index in [0.29, 0.717) is 6.54 Å². The Balaban J connectivity index is -0.000000325. The Kier molecular flexibility index (Phi) is 22.1. The van der Waals surface area contributed by atoms with Crippen molar-refractivity contribution in [1.29, 1.82) is 0 Å². The van der Waals surface area contributed by atoms with Crippen molar-refractivity contribution >= 4 is 10.9 Å². The molecule has 0 aliphatic carbocycles. The first-order valence-electron chi connectivity index (χ1n) is 6.86. The molecule has 105 valence electrons. The molecule has 0 aliphatic rings. The summed E-state index contributed by atoms with van der Waals surface area (Å²) in [6.07, 6.45) is 2.89. The Bertz CT molecular complexity index is 403. The summed E-state index contributed by atoms with van der Waals surface area (Å²) in [4.78, 5) is 4.15. The van der Waals surface area contributed by atoms with Gasteiger partial charge in [0.2, 0.25) is 0 Å². The van der Waals surface area contributed by atoms with Crippen molar-refractivity contribution in [3.63, 3.8) is 0 Å². The smallest absolute Gasteiger partial charge is 0 e. The Hall–Kier alpha value is -0.306. The summed E-state index contributed by atoms with van der Waals surface area (Å²) in [7, 11) is 0. The first kappa shape index (κ1) is 23.8. The molecule has 0 fully saturated rings. The summed E-state index contributed by atoms with van der Waals surface area (Å²) in [5.41, 5.74) is 7.39. The van der Waals surface area contributed by atoms with Crippen LogP contribution in [-0.2, 0) is 39.3 Å². The fraction of sp³-hybridized carbons (Fsp3) is 0.438. The number of nitrogens with two attached hydrogens (primary N) is 1. The first-order valence-corrected chi connectivity index (χ1v) is 6.86. The Morgan fingerprint density at radius 2 is 1.53 bits per heavy atom. The SMILES string of the molecule is CC.CC.CC.NCc1[c-]nc2ccccc2c1.[Y]. The van der Waals surface area contributed by atoms with E-state index in [4.69, 9.17) is 5.73 Å². The van der Waals surface area contributed by atoms with Crippen LogP contribution < -0.4 is 5.73 Å². The van der Waals surface area contributed by atoms with Crippen LogP contribution >= 0.6 is 0 Å². The van der Waals surface area contributed by atoms with Crippen LogP contribution in [0, 0.1) is 6.20 Å². The molecule has 19 heavy (non-hydrogen) atoms. The van der Waals surface area contributed by atoms with Gasteiger partial charge in [0.1, 0.15) is 0 Å². The van der Waals surface area contributed by atoms with Crippen LogP contribution in [0.1, 0.15) is 47.1 Å². The van der Waals surface area contributed by atoms with Crippen molar-refractivity contribution in [2.75, 3.05) is 0 Å². The van der Waals surface area contributed by atoms with Gasteiger partial charge in [0, 0.05) is 32.7 Å². The van der Waals surface area contributed by atoms with Crippen LogP contribution in [0.15, 0.2) is 30.3 Å². The number of rotatable bonds is 1. The molecule has 1 heterocycles. The quantitative estimate of drug-likeness (QED) is 0.775. The fourth-order valence-electron chi connectivity index (χ4n) is 1.17. The molecule has 0 amide bonds. The zero-order chi connectivity index (χ0) is 14.4. The van der Waals surface area contributed by atoms with Crippen molar-refractivity contribution < 1.29 is 32.7 Å². The van der Waals surface area contributed by atoms with E-state index < -0.39 is 0 Å². The van der Waals surface area contributed by atoms with Gasteiger partial charge < -0.3 is 10.7 Å². The average molecular weight is 336 g/mol. The summed E-state index contributed by atoms with van der Waals surface area (Å²) in [5, 5.41) is 1.12. The maximum absolute atomic E-state index is 5.47. The zero-order valence-electron chi connectivity index (χ0n) is 13.2. The molecule has 0 bridgehead atoms. The number of pyridine rings is 1. The van der Waals surface area contributed by atoms with E-state index in [2.05, 4.69) is 11.2 Å². The van der Waals surface area contributed by atoms with E-state index in [9.17, 15) is 0 Å². The minimum atomic E-state index is 0. The third kappa shape index (κ3) is 9.26. The Morgan fingerprint density at radius 3 is 2.05 bits per heavy atom. The number of para-hydroxylation sites is 1. The summed E-state index contributed by atoms with van der Waals surface area (Å²) in [6.45, 7) is 12.5. The number of hydrogen-bond acceptors (Lipinski definition) is 2. The molecule has 0 spiro atoms. The molecule has 0 saturated heterocycles. The summed E-state index contributed by atoms with van der Waals surface area (Å²) < 4.78 is 0. The maximum Gasteiger partial charge on any atom is 0 e. The predicted octanol–water partition coefficient (Wildman–Crippen LogP) is 4.57. The second-order valence-electron chi connectivity index (χ2n) is 2.66. The molecule has 2 aromatic rings. The van der Waals surface area contributed by atoms with E-state index in [1.807, 2.05) is 71.9 Å². The van der Waals surface area contributed by atoms with E-state index in [-0.39, 0.29) is 32.7 Å². The van der Waals surface area contributed by atoms with Crippen LogP contribution in [0.5, 0.6) is 0 Å². The number of aromatic nitrogens is 1. The minimum absolute atomic E-state index is 0. The normalized spacial score (nSPS) is 7.53. The average Bonchev–Trinajstić information content (AvgIpc) is 2.52. The molecular formula is C16H27N2Y-. The molecule has 3 heteroatoms. The largest absolute Gasteiger partial charge is 0.386 e. The molecule has 2 rings (SSSR count). The number of benzene rings is 1. The summed E-state index contributed by atoms with van der Waals surface area (Å²) >= 11 is 0. The van der Waals surface area contributed by atoms with Crippen LogP contribution in [0.2, 0.25) is 0 Å². The van der Waals surface area contributed by atoms with Gasteiger partial charge in [0.05, 0.1) is 0 Å². The third-order valence-electron chi connectivity index (χ3n) is 1.81. The van der Waals surface area contributed by atoms with E-state index in [1.54, 1.807) is 0 Å². The van der Waals surface area contributed by atoms with Gasteiger partial charge in [-0.05, 0) is 12.1 Å². The molecule has 0 unspecified atom stereocenters. The van der Waals surface area contributed by atoms with Gasteiger partial charge in [0.25, 0.3) is 0 Å². The van der Waals surface area contributed by atoms with E-state index in [1.165, 1.54) is 0 Å². The second kappa shape index (κ2) is 17.7. The van der Waals surface area contributed by atoms with Crippen LogP contribution in [0.4, 0.5) is 0 Å². The van der Waals surface area contributed by atoms with Gasteiger partial charge in [-0.1, -0.05) is 72.0 Å². The fourth-order valence-corrected chi connectivity index (χ4v) is 1.17. The first-order chi connectivity index (χ1) is 8.90. The third-order valence-corrected chi connectivity index (χ3v) is 1.81. The van der Waals surface area contributed by atoms with Gasteiger partial charge in [-0.15, -0.1) is 10.9 Å². The molecule has 1 radical (unpaired) electrons. The molecular weight excluding hydrogens is 309 g/mol. The van der Waals surface area contributed by atoms with Crippen LogP contribution in [0.25, 0.3) is 10.9 Å². The Morgan fingerprint density at radius 1 is 1.00 bits per heavy atom. The van der Waals surface area contributed by atoms with E-state index in [0.717, 1.165) is 16.5 Å². The second-order valence-corrected chi connectivity index (χ2v) is 2.66. The van der Waals surface area contributed by atoms with Gasteiger partial charge in [-0.3, -0.25) is 0 Å². The van der Waals surface area contributed by atoms with Gasteiger partial charge in [-0.25, -0.2) is 0 Å². The maximum atomic E-state index is 5.47. The van der Waals surface area contributed by atoms with Gasteiger partial charge in [-0.2, -0.15) is 6.07 Å². The molecule has 0 atom stereocenters. The number of nitrogens with zero attached hydrogens (tertiary/aromatic N) is 1. The van der Waals surface area contributed by atoms with Crippen molar-refractivity contribution in [3.05, 3.63) is 42.1 Å². The monoisotopic (exact) mass is 336 g/mol. The minimum Gasteiger partial charge on any atom is -0.386 e. The van der Waals surface area contributed by atoms with Crippen LogP contribution in [0.3, 0.4) is 0 Å². The van der Waals surface area contributed by atoms with Gasteiger partial charge >= 0.3 is 0 Å². The molecule has 2 N–H and O–H groups in total. The Labute approximate surface area is 144 Å². The van der Waals surface area contributed by atoms with Crippen molar-refractivity contribution in [2.24, 2.45) is 5.73 Å². The zero-order valence-corrected chi connectivity index (χ0v) is 16.0. The van der Waals surface area contributed by atoms with Gasteiger partial charge in [0.15, 0.2) is 0 Å². The van der Waals surface area contributed by atoms with Crippen molar-refractivity contribution in [2.45, 2.75) is 48.1 Å². The van der Waals surface area contributed by atoms with Crippen molar-refractivity contribution in [3.8, 4) is 0 Å². The molecule has 2 nitrogen and oxygen atoms in total. The van der Waals surface area contributed by atoms with Crippen LogP contribution in [-0.4, -0.2) is 4.98 Å².